The van der Waals surface area contributed by atoms with Gasteiger partial charge in [0.1, 0.15) is 11.5 Å². The Hall–Kier alpha value is -1.99. The van der Waals surface area contributed by atoms with E-state index in [-0.39, 0.29) is 36.6 Å². The van der Waals surface area contributed by atoms with Crippen molar-refractivity contribution >= 4 is 29.9 Å². The largest absolute Gasteiger partial charge is 0.497 e. The van der Waals surface area contributed by atoms with Gasteiger partial charge in [-0.25, -0.2) is 0 Å². The fourth-order valence-corrected chi connectivity index (χ4v) is 4.02. The fourth-order valence-electron chi connectivity index (χ4n) is 4.02. The van der Waals surface area contributed by atoms with Crippen LogP contribution >= 0.6 is 12.4 Å². The van der Waals surface area contributed by atoms with Gasteiger partial charge in [0.05, 0.1) is 25.8 Å². The van der Waals surface area contributed by atoms with Gasteiger partial charge in [-0.3, -0.25) is 9.59 Å². The maximum Gasteiger partial charge on any atom is 0.228 e. The van der Waals surface area contributed by atoms with Gasteiger partial charge in [0.15, 0.2) is 0 Å². The third-order valence-electron chi connectivity index (χ3n) is 5.57. The van der Waals surface area contributed by atoms with Crippen LogP contribution in [0.2, 0.25) is 0 Å². The molecule has 0 saturated carbocycles. The lowest BCUT2D eigenvalue weighted by Crippen LogP contribution is -2.43. The number of benzene rings is 1. The van der Waals surface area contributed by atoms with Crippen LogP contribution in [0.3, 0.4) is 0 Å². The zero-order chi connectivity index (χ0) is 19.4. The van der Waals surface area contributed by atoms with Crippen molar-refractivity contribution in [3.63, 3.8) is 0 Å². The molecular formula is C20H30ClN3O4. The molecule has 2 aliphatic heterocycles. The van der Waals surface area contributed by atoms with Gasteiger partial charge in [0.25, 0.3) is 0 Å². The molecular weight excluding hydrogens is 382 g/mol. The molecule has 0 spiro atoms. The van der Waals surface area contributed by atoms with Gasteiger partial charge in [-0.1, -0.05) is 0 Å². The van der Waals surface area contributed by atoms with Crippen molar-refractivity contribution in [2.75, 3.05) is 52.3 Å². The van der Waals surface area contributed by atoms with Crippen molar-refractivity contribution < 1.29 is 19.1 Å². The third-order valence-corrected chi connectivity index (χ3v) is 5.57. The van der Waals surface area contributed by atoms with Gasteiger partial charge in [-0.05, 0) is 44.5 Å². The monoisotopic (exact) mass is 411 g/mol. The molecule has 28 heavy (non-hydrogen) atoms. The Morgan fingerprint density at radius 3 is 2.54 bits per heavy atom. The summed E-state index contributed by atoms with van der Waals surface area (Å²) in [5.41, 5.74) is 0.686. The molecule has 1 unspecified atom stereocenters. The number of carbonyl (C=O) groups is 2. The molecule has 1 aromatic carbocycles. The highest BCUT2D eigenvalue weighted by Gasteiger charge is 2.39. The van der Waals surface area contributed by atoms with Crippen LogP contribution in [0.25, 0.3) is 0 Å². The first kappa shape index (κ1) is 22.3. The summed E-state index contributed by atoms with van der Waals surface area (Å²) in [5, 5.41) is 3.21. The molecule has 0 radical (unpaired) electrons. The number of rotatable bonds is 6. The van der Waals surface area contributed by atoms with E-state index in [1.165, 1.54) is 0 Å². The molecule has 1 atom stereocenters. The lowest BCUT2D eigenvalue weighted by Gasteiger charge is -2.33. The topological polar surface area (TPSA) is 71.1 Å². The van der Waals surface area contributed by atoms with Crippen molar-refractivity contribution in [2.24, 2.45) is 11.8 Å². The molecule has 3 rings (SSSR count). The fraction of sp³-hybridized carbons (Fsp3) is 0.600. The summed E-state index contributed by atoms with van der Waals surface area (Å²) in [7, 11) is 5.12. The number of ether oxygens (including phenoxy) is 2. The minimum absolute atomic E-state index is 0. The van der Waals surface area contributed by atoms with Crippen molar-refractivity contribution in [3.05, 3.63) is 18.2 Å². The van der Waals surface area contributed by atoms with E-state index in [1.54, 1.807) is 31.3 Å². The number of nitrogens with one attached hydrogen (secondary N) is 1. The van der Waals surface area contributed by atoms with Gasteiger partial charge < -0.3 is 24.6 Å². The van der Waals surface area contributed by atoms with Gasteiger partial charge in [0, 0.05) is 32.1 Å². The minimum Gasteiger partial charge on any atom is -0.497 e. The van der Waals surface area contributed by atoms with Crippen molar-refractivity contribution in [1.82, 2.24) is 10.2 Å². The van der Waals surface area contributed by atoms with Crippen LogP contribution in [0.1, 0.15) is 19.3 Å². The minimum atomic E-state index is -0.287. The Bertz CT molecular complexity index is 692. The number of hydrogen-bond acceptors (Lipinski definition) is 5. The smallest absolute Gasteiger partial charge is 0.228 e. The summed E-state index contributed by atoms with van der Waals surface area (Å²) in [6.07, 6.45) is 2.29. The van der Waals surface area contributed by atoms with Crippen LogP contribution in [0, 0.1) is 11.8 Å². The Morgan fingerprint density at radius 1 is 1.21 bits per heavy atom. The van der Waals surface area contributed by atoms with Crippen LogP contribution in [0.5, 0.6) is 11.5 Å². The first-order valence-electron chi connectivity index (χ1n) is 9.53. The Kier molecular flexibility index (Phi) is 7.95. The molecule has 2 fully saturated rings. The summed E-state index contributed by atoms with van der Waals surface area (Å²) in [5.74, 6) is 1.64. The van der Waals surface area contributed by atoms with Crippen LogP contribution < -0.4 is 19.7 Å². The maximum absolute atomic E-state index is 12.9. The molecule has 8 heteroatoms. The molecule has 0 bridgehead atoms. The number of methoxy groups -OCH3 is 2. The van der Waals surface area contributed by atoms with Crippen LogP contribution in [0.4, 0.5) is 5.69 Å². The van der Waals surface area contributed by atoms with Gasteiger partial charge in [0.2, 0.25) is 11.8 Å². The zero-order valence-electron chi connectivity index (χ0n) is 16.8. The molecule has 1 N–H and O–H groups in total. The number of piperidine rings is 1. The number of likely N-dealkylation sites (tertiary alicyclic amines) is 1. The second kappa shape index (κ2) is 9.98. The quantitative estimate of drug-likeness (QED) is 0.774. The molecule has 0 aromatic heterocycles. The summed E-state index contributed by atoms with van der Waals surface area (Å²) in [6, 6.07) is 5.36. The molecule has 156 valence electrons. The van der Waals surface area contributed by atoms with Crippen LogP contribution in [-0.4, -0.2) is 64.2 Å². The van der Waals surface area contributed by atoms with Gasteiger partial charge in [-0.15, -0.1) is 12.4 Å². The van der Waals surface area contributed by atoms with Crippen molar-refractivity contribution in [3.8, 4) is 11.5 Å². The molecule has 2 saturated heterocycles. The molecule has 2 heterocycles. The number of halogens is 1. The summed E-state index contributed by atoms with van der Waals surface area (Å²) in [6.45, 7) is 2.95. The van der Waals surface area contributed by atoms with E-state index in [4.69, 9.17) is 9.47 Å². The SMILES string of the molecule is CNCC1CCN(C(=O)C2CC(=O)N(c3ccc(OC)cc3OC)C2)CC1.Cl. The third kappa shape index (κ3) is 4.70. The van der Waals surface area contributed by atoms with Gasteiger partial charge >= 0.3 is 0 Å². The van der Waals surface area contributed by atoms with Crippen LogP contribution in [-0.2, 0) is 9.59 Å². The normalized spacial score (nSPS) is 20.1. The Balaban J connectivity index is 0.00000280. The average Bonchev–Trinajstić information content (AvgIpc) is 3.09. The van der Waals surface area contributed by atoms with E-state index in [9.17, 15) is 9.59 Å². The first-order chi connectivity index (χ1) is 13.1. The number of hydrogen-bond donors (Lipinski definition) is 1. The highest BCUT2D eigenvalue weighted by molar-refractivity contribution is 6.01. The number of carbonyl (C=O) groups excluding carboxylic acids is 2. The standard InChI is InChI=1S/C20H29N3O4.ClH/c1-21-12-14-6-8-22(9-7-14)20(25)15-10-19(24)23(13-15)17-5-4-16(26-2)11-18(17)27-3;/h4-5,11,14-15,21H,6-10,12-13H2,1-3H3;1H. The van der Waals surface area contributed by atoms with E-state index in [0.29, 0.717) is 29.6 Å². The molecule has 7 nitrogen and oxygen atoms in total. The molecule has 1 aromatic rings. The van der Waals surface area contributed by atoms with E-state index < -0.39 is 0 Å². The van der Waals surface area contributed by atoms with E-state index >= 15 is 0 Å². The van der Waals surface area contributed by atoms with E-state index in [0.717, 1.165) is 32.5 Å². The Morgan fingerprint density at radius 2 is 1.93 bits per heavy atom. The number of anilines is 1. The summed E-state index contributed by atoms with van der Waals surface area (Å²) < 4.78 is 10.6. The molecule has 0 aliphatic carbocycles. The summed E-state index contributed by atoms with van der Waals surface area (Å²) in [4.78, 5) is 29.1. The first-order valence-corrected chi connectivity index (χ1v) is 9.53. The lowest BCUT2D eigenvalue weighted by atomic mass is 9.95. The number of nitrogens with zero attached hydrogens (tertiary/aromatic N) is 2. The van der Waals surface area contributed by atoms with Crippen molar-refractivity contribution in [1.29, 1.82) is 0 Å². The van der Waals surface area contributed by atoms with E-state index in [1.807, 2.05) is 18.0 Å². The summed E-state index contributed by atoms with van der Waals surface area (Å²) >= 11 is 0. The van der Waals surface area contributed by atoms with Gasteiger partial charge in [-0.2, -0.15) is 0 Å². The molecule has 2 aliphatic rings. The second-order valence-corrected chi connectivity index (χ2v) is 7.27. The highest BCUT2D eigenvalue weighted by atomic mass is 35.5. The second-order valence-electron chi connectivity index (χ2n) is 7.27. The Labute approximate surface area is 172 Å². The average molecular weight is 412 g/mol. The number of amides is 2. The van der Waals surface area contributed by atoms with E-state index in [2.05, 4.69) is 5.32 Å². The molecule has 2 amide bonds. The van der Waals surface area contributed by atoms with Crippen molar-refractivity contribution in [2.45, 2.75) is 19.3 Å². The zero-order valence-corrected chi connectivity index (χ0v) is 17.6. The maximum atomic E-state index is 12.9. The predicted octanol–water partition coefficient (Wildman–Crippen LogP) is 1.94. The predicted molar refractivity (Wildman–Crippen MR) is 110 cm³/mol. The van der Waals surface area contributed by atoms with Crippen LogP contribution in [0.15, 0.2) is 18.2 Å². The lowest BCUT2D eigenvalue weighted by molar-refractivity contribution is -0.137. The highest BCUT2D eigenvalue weighted by Crippen LogP contribution is 2.36.